The summed E-state index contributed by atoms with van der Waals surface area (Å²) in [7, 11) is 0. The van der Waals surface area contributed by atoms with Gasteiger partial charge >= 0.3 is 0 Å². The number of hydrogen-bond donors (Lipinski definition) is 1. The summed E-state index contributed by atoms with van der Waals surface area (Å²) < 4.78 is 5.91. The first-order chi connectivity index (χ1) is 7.10. The van der Waals surface area contributed by atoms with E-state index >= 15 is 0 Å². The van der Waals surface area contributed by atoms with E-state index in [9.17, 15) is 0 Å². The second kappa shape index (κ2) is 5.17. The van der Waals surface area contributed by atoms with E-state index in [0.29, 0.717) is 5.92 Å². The molecule has 0 aromatic heterocycles. The van der Waals surface area contributed by atoms with Crippen molar-refractivity contribution in [3.8, 4) is 0 Å². The van der Waals surface area contributed by atoms with Crippen LogP contribution in [0.1, 0.15) is 25.0 Å². The first kappa shape index (κ1) is 13.5. The van der Waals surface area contributed by atoms with Crippen LogP contribution in [0.4, 0.5) is 0 Å². The van der Waals surface area contributed by atoms with Crippen LogP contribution in [0.25, 0.3) is 0 Å². The molecule has 0 radical (unpaired) electrons. The third-order valence-corrected chi connectivity index (χ3v) is 3.01. The molecule has 1 aliphatic rings. The number of halogens is 1. The smallest absolute Gasteiger partial charge is 0.142 e. The second-order valence-corrected chi connectivity index (χ2v) is 4.70. The maximum atomic E-state index is 5.91. The Balaban J connectivity index is 0.00000128. The van der Waals surface area contributed by atoms with Gasteiger partial charge < -0.3 is 4.74 Å². The van der Waals surface area contributed by atoms with Crippen molar-refractivity contribution in [3.05, 3.63) is 35.4 Å². The van der Waals surface area contributed by atoms with E-state index in [0.717, 1.165) is 13.2 Å². The van der Waals surface area contributed by atoms with Crippen molar-refractivity contribution >= 4 is 12.4 Å². The zero-order chi connectivity index (χ0) is 10.9. The molecule has 1 aromatic carbocycles. The number of benzene rings is 1. The van der Waals surface area contributed by atoms with E-state index in [2.05, 4.69) is 50.4 Å². The highest BCUT2D eigenvalue weighted by Crippen LogP contribution is 2.26. The molecule has 0 amide bonds. The van der Waals surface area contributed by atoms with Gasteiger partial charge in [0.05, 0.1) is 6.61 Å². The Morgan fingerprint density at radius 1 is 1.44 bits per heavy atom. The Hall–Kier alpha value is -0.570. The Morgan fingerprint density at radius 2 is 2.19 bits per heavy atom. The number of aryl methyl sites for hydroxylation is 1. The van der Waals surface area contributed by atoms with Crippen molar-refractivity contribution < 1.29 is 4.74 Å². The maximum Gasteiger partial charge on any atom is 0.142 e. The molecule has 1 aliphatic heterocycles. The van der Waals surface area contributed by atoms with E-state index in [-0.39, 0.29) is 18.1 Å². The largest absolute Gasteiger partial charge is 0.356 e. The minimum absolute atomic E-state index is 0. The van der Waals surface area contributed by atoms with E-state index < -0.39 is 0 Å². The topological polar surface area (TPSA) is 21.3 Å². The molecule has 2 nitrogen and oxygen atoms in total. The van der Waals surface area contributed by atoms with Crippen LogP contribution in [0.15, 0.2) is 24.3 Å². The fourth-order valence-corrected chi connectivity index (χ4v) is 1.92. The molecule has 1 heterocycles. The minimum Gasteiger partial charge on any atom is -0.356 e. The van der Waals surface area contributed by atoms with Gasteiger partial charge in [-0.05, 0) is 25.3 Å². The Kier molecular flexibility index (Phi) is 4.36. The fourth-order valence-electron chi connectivity index (χ4n) is 1.92. The van der Waals surface area contributed by atoms with Crippen molar-refractivity contribution in [2.75, 3.05) is 13.2 Å². The van der Waals surface area contributed by atoms with Crippen LogP contribution in [0, 0.1) is 12.8 Å². The molecule has 2 unspecified atom stereocenters. The molecule has 0 spiro atoms. The van der Waals surface area contributed by atoms with Gasteiger partial charge in [-0.1, -0.05) is 36.8 Å². The minimum atomic E-state index is -0.307. The molecule has 0 saturated carbocycles. The first-order valence-electron chi connectivity index (χ1n) is 5.56. The normalized spacial score (nSPS) is 29.6. The average molecular weight is 242 g/mol. The van der Waals surface area contributed by atoms with Crippen LogP contribution in [-0.4, -0.2) is 13.2 Å². The average Bonchev–Trinajstić information content (AvgIpc) is 2.23. The lowest BCUT2D eigenvalue weighted by Crippen LogP contribution is -2.49. The van der Waals surface area contributed by atoms with E-state index in [4.69, 9.17) is 4.74 Å². The SMILES string of the molecule is Cc1cccc(C2(C)NCC(C)CO2)c1.Cl. The van der Waals surface area contributed by atoms with E-state index in [1.807, 2.05) is 0 Å². The van der Waals surface area contributed by atoms with Gasteiger partial charge in [0, 0.05) is 6.54 Å². The van der Waals surface area contributed by atoms with Crippen molar-refractivity contribution in [1.82, 2.24) is 5.32 Å². The summed E-state index contributed by atoms with van der Waals surface area (Å²) in [5, 5.41) is 3.47. The van der Waals surface area contributed by atoms with Crippen LogP contribution >= 0.6 is 12.4 Å². The number of hydrogen-bond acceptors (Lipinski definition) is 2. The molecule has 0 bridgehead atoms. The Morgan fingerprint density at radius 3 is 2.75 bits per heavy atom. The molecule has 2 atom stereocenters. The maximum absolute atomic E-state index is 5.91. The summed E-state index contributed by atoms with van der Waals surface area (Å²) in [4.78, 5) is 0. The van der Waals surface area contributed by atoms with Gasteiger partial charge in [-0.15, -0.1) is 12.4 Å². The predicted octanol–water partition coefficient (Wildman–Crippen LogP) is 2.85. The zero-order valence-electron chi connectivity index (χ0n) is 10.1. The van der Waals surface area contributed by atoms with Crippen LogP contribution in [0.3, 0.4) is 0 Å². The Labute approximate surface area is 104 Å². The second-order valence-electron chi connectivity index (χ2n) is 4.70. The molecule has 3 heteroatoms. The first-order valence-corrected chi connectivity index (χ1v) is 5.56. The fraction of sp³-hybridized carbons (Fsp3) is 0.538. The van der Waals surface area contributed by atoms with Gasteiger partial charge in [0.25, 0.3) is 0 Å². The predicted molar refractivity (Wildman–Crippen MR) is 68.9 cm³/mol. The van der Waals surface area contributed by atoms with Crippen LogP contribution in [0.5, 0.6) is 0 Å². The van der Waals surface area contributed by atoms with Crippen molar-refractivity contribution in [3.63, 3.8) is 0 Å². The van der Waals surface area contributed by atoms with Gasteiger partial charge in [0.15, 0.2) is 0 Å². The van der Waals surface area contributed by atoms with Crippen LogP contribution in [-0.2, 0) is 10.5 Å². The van der Waals surface area contributed by atoms with Gasteiger partial charge in [0.1, 0.15) is 5.72 Å². The van der Waals surface area contributed by atoms with Crippen LogP contribution < -0.4 is 5.32 Å². The summed E-state index contributed by atoms with van der Waals surface area (Å²) >= 11 is 0. The molecular weight excluding hydrogens is 222 g/mol. The van der Waals surface area contributed by atoms with Gasteiger partial charge in [-0.2, -0.15) is 0 Å². The molecule has 1 fully saturated rings. The summed E-state index contributed by atoms with van der Waals surface area (Å²) in [6, 6.07) is 8.50. The molecule has 2 rings (SSSR count). The third-order valence-electron chi connectivity index (χ3n) is 3.01. The van der Waals surface area contributed by atoms with Gasteiger partial charge in [-0.25, -0.2) is 0 Å². The number of nitrogens with one attached hydrogen (secondary N) is 1. The monoisotopic (exact) mass is 241 g/mol. The van der Waals surface area contributed by atoms with Crippen molar-refractivity contribution in [1.29, 1.82) is 0 Å². The molecule has 1 aromatic rings. The molecule has 1 saturated heterocycles. The number of ether oxygens (including phenoxy) is 1. The molecule has 90 valence electrons. The summed E-state index contributed by atoms with van der Waals surface area (Å²) in [6.07, 6.45) is 0. The molecule has 0 aliphatic carbocycles. The third kappa shape index (κ3) is 2.76. The lowest BCUT2D eigenvalue weighted by atomic mass is 9.99. The standard InChI is InChI=1S/C13H19NO.ClH/c1-10-5-4-6-12(7-10)13(3)14-8-11(2)9-15-13;/h4-7,11,14H,8-9H2,1-3H3;1H. The Bertz CT molecular complexity index is 346. The summed E-state index contributed by atoms with van der Waals surface area (Å²) in [5.41, 5.74) is 2.19. The highest BCUT2D eigenvalue weighted by atomic mass is 35.5. The summed E-state index contributed by atoms with van der Waals surface area (Å²) in [5.74, 6) is 0.600. The molecular formula is C13H20ClNO. The summed E-state index contributed by atoms with van der Waals surface area (Å²) in [6.45, 7) is 8.26. The number of rotatable bonds is 1. The van der Waals surface area contributed by atoms with Gasteiger partial charge in [0.2, 0.25) is 0 Å². The quantitative estimate of drug-likeness (QED) is 0.817. The van der Waals surface area contributed by atoms with E-state index in [1.54, 1.807) is 0 Å². The van der Waals surface area contributed by atoms with Crippen molar-refractivity contribution in [2.45, 2.75) is 26.5 Å². The molecule has 1 N–H and O–H groups in total. The van der Waals surface area contributed by atoms with Gasteiger partial charge in [-0.3, -0.25) is 5.32 Å². The highest BCUT2D eigenvalue weighted by Gasteiger charge is 2.31. The van der Waals surface area contributed by atoms with E-state index in [1.165, 1.54) is 11.1 Å². The van der Waals surface area contributed by atoms with Crippen LogP contribution in [0.2, 0.25) is 0 Å². The lowest BCUT2D eigenvalue weighted by Gasteiger charge is -2.38. The van der Waals surface area contributed by atoms with Crippen molar-refractivity contribution in [2.24, 2.45) is 5.92 Å². The molecule has 16 heavy (non-hydrogen) atoms. The zero-order valence-corrected chi connectivity index (χ0v) is 10.9. The highest BCUT2D eigenvalue weighted by molar-refractivity contribution is 5.85. The lowest BCUT2D eigenvalue weighted by molar-refractivity contribution is -0.106.